The molecule has 132 valence electrons. The molecule has 0 saturated heterocycles. The summed E-state index contributed by atoms with van der Waals surface area (Å²) in [6.07, 6.45) is 3.74. The minimum atomic E-state index is 0.0564. The summed E-state index contributed by atoms with van der Waals surface area (Å²) in [4.78, 5) is 20.6. The minimum absolute atomic E-state index is 0.0564. The van der Waals surface area contributed by atoms with Crippen molar-refractivity contribution < 1.29 is 0 Å². The number of halogens is 1. The Hall–Kier alpha value is -1.83. The lowest BCUT2D eigenvalue weighted by molar-refractivity contribution is 0.722. The van der Waals surface area contributed by atoms with Crippen LogP contribution in [0, 0.1) is 0 Å². The molecular weight excluding hydrogens is 430 g/mol. The molecule has 4 nitrogen and oxygen atoms in total. The molecule has 0 aliphatic carbocycles. The second-order valence-electron chi connectivity index (χ2n) is 5.80. The highest BCUT2D eigenvalue weighted by molar-refractivity contribution is 9.10. The molecule has 3 aromatic rings. The van der Waals surface area contributed by atoms with E-state index in [2.05, 4.69) is 37.9 Å². The van der Waals surface area contributed by atoms with Crippen molar-refractivity contribution in [1.82, 2.24) is 9.55 Å². The molecule has 0 spiro atoms. The highest BCUT2D eigenvalue weighted by Crippen LogP contribution is 2.46. The number of thiazole rings is 1. The molecule has 0 unspecified atom stereocenters. The summed E-state index contributed by atoms with van der Waals surface area (Å²) >= 11 is 6.70. The van der Waals surface area contributed by atoms with Gasteiger partial charge in [0.2, 0.25) is 0 Å². The van der Waals surface area contributed by atoms with Gasteiger partial charge in [-0.15, -0.1) is 11.3 Å². The number of pyridine rings is 1. The van der Waals surface area contributed by atoms with Gasteiger partial charge in [0.15, 0.2) is 0 Å². The molecular formula is C19H16BrN3OS2. The summed E-state index contributed by atoms with van der Waals surface area (Å²) in [5.74, 6) is 0. The zero-order valence-electron chi connectivity index (χ0n) is 14.3. The average molecular weight is 446 g/mol. The molecule has 0 amide bonds. The topological polar surface area (TPSA) is 38.1 Å². The maximum absolute atomic E-state index is 13.0. The predicted molar refractivity (Wildman–Crippen MR) is 113 cm³/mol. The van der Waals surface area contributed by atoms with Crippen molar-refractivity contribution >= 4 is 55.8 Å². The summed E-state index contributed by atoms with van der Waals surface area (Å²) < 4.78 is 4.54. The van der Waals surface area contributed by atoms with Crippen LogP contribution >= 0.6 is 39.0 Å². The van der Waals surface area contributed by atoms with Crippen LogP contribution in [0.25, 0.3) is 11.1 Å². The van der Waals surface area contributed by atoms with E-state index in [0.29, 0.717) is 6.54 Å². The monoisotopic (exact) mass is 445 g/mol. The van der Waals surface area contributed by atoms with Gasteiger partial charge in [-0.3, -0.25) is 14.3 Å². The second kappa shape index (κ2) is 7.06. The molecule has 0 atom stereocenters. The molecule has 0 N–H and O–H groups in total. The van der Waals surface area contributed by atoms with E-state index in [0.717, 1.165) is 35.0 Å². The Morgan fingerprint density at radius 1 is 1.27 bits per heavy atom. The fourth-order valence-corrected chi connectivity index (χ4v) is 5.67. The fourth-order valence-electron chi connectivity index (χ4n) is 2.88. The van der Waals surface area contributed by atoms with Gasteiger partial charge in [-0.2, -0.15) is 0 Å². The van der Waals surface area contributed by atoms with E-state index < -0.39 is 0 Å². The van der Waals surface area contributed by atoms with Crippen LogP contribution in [0.15, 0.2) is 56.8 Å². The van der Waals surface area contributed by atoms with Crippen LogP contribution in [-0.2, 0) is 6.54 Å². The van der Waals surface area contributed by atoms with Gasteiger partial charge in [-0.05, 0) is 43.3 Å². The Labute approximate surface area is 167 Å². The van der Waals surface area contributed by atoms with Gasteiger partial charge in [-0.25, -0.2) is 0 Å². The van der Waals surface area contributed by atoms with E-state index in [4.69, 9.17) is 0 Å². The summed E-state index contributed by atoms with van der Waals surface area (Å²) in [5, 5.41) is 0.982. The first-order chi connectivity index (χ1) is 12.6. The zero-order chi connectivity index (χ0) is 18.3. The number of benzene rings is 1. The Bertz CT molecular complexity index is 1150. The van der Waals surface area contributed by atoms with Crippen molar-refractivity contribution in [3.63, 3.8) is 0 Å². The maximum Gasteiger partial charge on any atom is 0.271 e. The molecule has 1 aliphatic rings. The van der Waals surface area contributed by atoms with E-state index >= 15 is 0 Å². The van der Waals surface area contributed by atoms with Crippen LogP contribution in [0.1, 0.15) is 12.6 Å². The number of thioether (sulfide) groups is 1. The van der Waals surface area contributed by atoms with Gasteiger partial charge in [-0.1, -0.05) is 33.8 Å². The smallest absolute Gasteiger partial charge is 0.271 e. The molecule has 4 rings (SSSR count). The SMILES string of the molecule is CCn1c(=Cc2ccccn2)sc(=C2Sc3ccc(Br)cc3N2C)c1=O. The Morgan fingerprint density at radius 3 is 2.85 bits per heavy atom. The molecule has 0 bridgehead atoms. The van der Waals surface area contributed by atoms with Crippen LogP contribution in [0.5, 0.6) is 0 Å². The number of fused-ring (bicyclic) bond motifs is 1. The molecule has 3 heterocycles. The molecule has 0 fully saturated rings. The maximum atomic E-state index is 13.0. The van der Waals surface area contributed by atoms with Crippen molar-refractivity contribution in [2.75, 3.05) is 11.9 Å². The molecule has 7 heteroatoms. The van der Waals surface area contributed by atoms with Gasteiger partial charge in [0.05, 0.1) is 11.4 Å². The summed E-state index contributed by atoms with van der Waals surface area (Å²) in [7, 11) is 2.01. The molecule has 1 aliphatic heterocycles. The normalized spacial score (nSPS) is 16.3. The number of hydrogen-bond donors (Lipinski definition) is 0. The highest BCUT2D eigenvalue weighted by Gasteiger charge is 2.24. The van der Waals surface area contributed by atoms with Gasteiger partial charge in [0, 0.05) is 29.2 Å². The first-order valence-corrected chi connectivity index (χ1v) is 10.6. The van der Waals surface area contributed by atoms with Crippen LogP contribution in [-0.4, -0.2) is 16.6 Å². The van der Waals surface area contributed by atoms with Gasteiger partial charge < -0.3 is 4.90 Å². The van der Waals surface area contributed by atoms with Crippen LogP contribution in [0.4, 0.5) is 5.69 Å². The fraction of sp³-hybridized carbons (Fsp3) is 0.158. The number of hydrogen-bond acceptors (Lipinski definition) is 5. The lowest BCUT2D eigenvalue weighted by Crippen LogP contribution is -2.33. The van der Waals surface area contributed by atoms with Crippen LogP contribution in [0.2, 0.25) is 0 Å². The Morgan fingerprint density at radius 2 is 2.12 bits per heavy atom. The number of nitrogens with zero attached hydrogens (tertiary/aromatic N) is 3. The third kappa shape index (κ3) is 3.04. The Kier molecular flexibility index (Phi) is 4.77. The van der Waals surface area contributed by atoms with E-state index in [1.165, 1.54) is 11.3 Å². The van der Waals surface area contributed by atoms with E-state index in [9.17, 15) is 4.79 Å². The van der Waals surface area contributed by atoms with Gasteiger partial charge in [0.1, 0.15) is 14.2 Å². The highest BCUT2D eigenvalue weighted by atomic mass is 79.9. The Balaban J connectivity index is 1.93. The first-order valence-electron chi connectivity index (χ1n) is 8.16. The van der Waals surface area contributed by atoms with Crippen molar-refractivity contribution in [3.8, 4) is 0 Å². The van der Waals surface area contributed by atoms with Crippen molar-refractivity contribution in [1.29, 1.82) is 0 Å². The second-order valence-corrected chi connectivity index (χ2v) is 8.77. The number of rotatable bonds is 2. The first kappa shape index (κ1) is 17.6. The number of aromatic nitrogens is 2. The lowest BCUT2D eigenvalue weighted by atomic mass is 10.3. The van der Waals surface area contributed by atoms with Gasteiger partial charge >= 0.3 is 0 Å². The standard InChI is InChI=1S/C19H16BrN3OS2/c1-3-23-16(11-13-6-4-5-9-21-13)26-17(18(23)24)19-22(2)14-10-12(20)7-8-15(14)25-19/h4-11H,3H2,1-2H3. The van der Waals surface area contributed by atoms with Crippen molar-refractivity contribution in [2.24, 2.45) is 0 Å². The van der Waals surface area contributed by atoms with Crippen molar-refractivity contribution in [3.05, 3.63) is 72.3 Å². The van der Waals surface area contributed by atoms with E-state index in [-0.39, 0.29) is 5.56 Å². The van der Waals surface area contributed by atoms with E-state index in [1.54, 1.807) is 18.0 Å². The molecule has 2 aromatic heterocycles. The van der Waals surface area contributed by atoms with Crippen LogP contribution < -0.4 is 19.7 Å². The predicted octanol–water partition coefficient (Wildman–Crippen LogP) is 3.22. The van der Waals surface area contributed by atoms with Crippen LogP contribution in [0.3, 0.4) is 0 Å². The summed E-state index contributed by atoms with van der Waals surface area (Å²) in [6, 6.07) is 12.0. The third-order valence-electron chi connectivity index (χ3n) is 4.18. The molecule has 0 saturated carbocycles. The van der Waals surface area contributed by atoms with E-state index in [1.807, 2.05) is 48.9 Å². The third-order valence-corrected chi connectivity index (χ3v) is 7.15. The minimum Gasteiger partial charge on any atom is -0.337 e. The summed E-state index contributed by atoms with van der Waals surface area (Å²) in [5.41, 5.74) is 2.03. The van der Waals surface area contributed by atoms with Gasteiger partial charge in [0.25, 0.3) is 5.56 Å². The molecule has 26 heavy (non-hydrogen) atoms. The average Bonchev–Trinajstić information content (AvgIpc) is 3.12. The number of anilines is 1. The zero-order valence-corrected chi connectivity index (χ0v) is 17.5. The largest absolute Gasteiger partial charge is 0.337 e. The molecule has 1 aromatic carbocycles. The quantitative estimate of drug-likeness (QED) is 0.606. The lowest BCUT2D eigenvalue weighted by Gasteiger charge is -2.12. The van der Waals surface area contributed by atoms with Crippen molar-refractivity contribution in [2.45, 2.75) is 18.4 Å². The summed E-state index contributed by atoms with van der Waals surface area (Å²) in [6.45, 7) is 2.63. The molecule has 0 radical (unpaired) electrons.